The molecule has 0 saturated heterocycles. The summed E-state index contributed by atoms with van der Waals surface area (Å²) in [5, 5.41) is 9.84. The predicted molar refractivity (Wildman–Crippen MR) is 78.2 cm³/mol. The number of unbranched alkanes of at least 4 members (excludes halogenated alkanes) is 1. The minimum atomic E-state index is 0.178. The fourth-order valence-corrected chi connectivity index (χ4v) is 2.29. The number of rotatable bonds is 7. The molecular weight excluding hydrogens is 294 g/mol. The number of ether oxygens (including phenoxy) is 1. The average molecular weight is 316 g/mol. The number of phenols is 1. The van der Waals surface area contributed by atoms with Gasteiger partial charge in [0.05, 0.1) is 11.1 Å². The van der Waals surface area contributed by atoms with Crippen LogP contribution in [0, 0.1) is 0 Å². The second-order valence-corrected chi connectivity index (χ2v) is 5.30. The maximum absolute atomic E-state index is 9.84. The molecular formula is C14H22BrNO2. The van der Waals surface area contributed by atoms with Gasteiger partial charge in [-0.3, -0.25) is 0 Å². The molecule has 1 rings (SSSR count). The summed E-state index contributed by atoms with van der Waals surface area (Å²) >= 11 is 3.36. The fourth-order valence-electron chi connectivity index (χ4n) is 1.80. The molecule has 18 heavy (non-hydrogen) atoms. The van der Waals surface area contributed by atoms with E-state index in [1.807, 2.05) is 19.1 Å². The van der Waals surface area contributed by atoms with Crippen LogP contribution < -0.4 is 4.74 Å². The van der Waals surface area contributed by atoms with Gasteiger partial charge in [-0.2, -0.15) is 0 Å². The Kier molecular flexibility index (Phi) is 6.50. The number of hydrogen-bond donors (Lipinski definition) is 1. The number of hydrogen-bond acceptors (Lipinski definition) is 3. The quantitative estimate of drug-likeness (QED) is 0.831. The number of benzene rings is 1. The Labute approximate surface area is 118 Å². The topological polar surface area (TPSA) is 32.7 Å². The van der Waals surface area contributed by atoms with Crippen molar-refractivity contribution in [1.29, 1.82) is 0 Å². The number of nitrogens with zero attached hydrogens (tertiary/aromatic N) is 1. The van der Waals surface area contributed by atoms with Crippen molar-refractivity contribution in [2.75, 3.05) is 20.2 Å². The van der Waals surface area contributed by atoms with Crippen LogP contribution in [0.3, 0.4) is 0 Å². The van der Waals surface area contributed by atoms with Gasteiger partial charge < -0.3 is 14.7 Å². The molecule has 0 spiro atoms. The molecule has 0 bridgehead atoms. The lowest BCUT2D eigenvalue weighted by Gasteiger charge is -2.17. The van der Waals surface area contributed by atoms with Gasteiger partial charge in [-0.1, -0.05) is 13.3 Å². The van der Waals surface area contributed by atoms with Gasteiger partial charge in [0.2, 0.25) is 0 Å². The van der Waals surface area contributed by atoms with Crippen molar-refractivity contribution in [2.24, 2.45) is 0 Å². The number of halogens is 1. The van der Waals surface area contributed by atoms with E-state index >= 15 is 0 Å². The Morgan fingerprint density at radius 1 is 1.33 bits per heavy atom. The smallest absolute Gasteiger partial charge is 0.172 e. The fraction of sp³-hybridized carbons (Fsp3) is 0.571. The largest absolute Gasteiger partial charge is 0.503 e. The van der Waals surface area contributed by atoms with Gasteiger partial charge in [0.25, 0.3) is 0 Å². The first-order chi connectivity index (χ1) is 8.58. The molecule has 0 heterocycles. The van der Waals surface area contributed by atoms with Crippen LogP contribution in [-0.4, -0.2) is 30.2 Å². The third-order valence-corrected chi connectivity index (χ3v) is 3.34. The van der Waals surface area contributed by atoms with E-state index in [4.69, 9.17) is 4.74 Å². The normalized spacial score (nSPS) is 10.9. The highest BCUT2D eigenvalue weighted by Gasteiger charge is 2.10. The van der Waals surface area contributed by atoms with Crippen molar-refractivity contribution < 1.29 is 9.84 Å². The highest BCUT2D eigenvalue weighted by atomic mass is 79.9. The van der Waals surface area contributed by atoms with Crippen LogP contribution in [-0.2, 0) is 6.54 Å². The molecule has 4 heteroatoms. The van der Waals surface area contributed by atoms with Gasteiger partial charge in [0, 0.05) is 6.54 Å². The van der Waals surface area contributed by atoms with Crippen LogP contribution in [0.4, 0.5) is 0 Å². The number of aromatic hydroxyl groups is 1. The van der Waals surface area contributed by atoms with Crippen molar-refractivity contribution in [3.8, 4) is 11.5 Å². The third kappa shape index (κ3) is 4.50. The van der Waals surface area contributed by atoms with Crippen molar-refractivity contribution in [1.82, 2.24) is 4.90 Å². The first-order valence-electron chi connectivity index (χ1n) is 6.41. The van der Waals surface area contributed by atoms with Gasteiger partial charge in [-0.25, -0.2) is 0 Å². The van der Waals surface area contributed by atoms with Crippen molar-refractivity contribution in [2.45, 2.75) is 33.2 Å². The van der Waals surface area contributed by atoms with E-state index < -0.39 is 0 Å². The maximum Gasteiger partial charge on any atom is 0.172 e. The summed E-state index contributed by atoms with van der Waals surface area (Å²) < 4.78 is 6.11. The molecule has 0 unspecified atom stereocenters. The Bertz CT molecular complexity index is 382. The van der Waals surface area contributed by atoms with Crippen LogP contribution in [0.5, 0.6) is 11.5 Å². The van der Waals surface area contributed by atoms with Crippen LogP contribution >= 0.6 is 15.9 Å². The van der Waals surface area contributed by atoms with Crippen molar-refractivity contribution >= 4 is 15.9 Å². The van der Waals surface area contributed by atoms with Gasteiger partial charge >= 0.3 is 0 Å². The summed E-state index contributed by atoms with van der Waals surface area (Å²) in [5.41, 5.74) is 1.14. The van der Waals surface area contributed by atoms with E-state index in [1.165, 1.54) is 12.8 Å². The molecule has 1 aromatic rings. The van der Waals surface area contributed by atoms with Gasteiger partial charge in [-0.05, 0) is 60.6 Å². The molecule has 0 radical (unpaired) electrons. The van der Waals surface area contributed by atoms with E-state index in [-0.39, 0.29) is 5.75 Å². The first kappa shape index (κ1) is 15.3. The van der Waals surface area contributed by atoms with Crippen molar-refractivity contribution in [3.63, 3.8) is 0 Å². The molecule has 0 fully saturated rings. The summed E-state index contributed by atoms with van der Waals surface area (Å²) in [4.78, 5) is 2.28. The maximum atomic E-state index is 9.84. The van der Waals surface area contributed by atoms with E-state index in [1.54, 1.807) is 0 Å². The van der Waals surface area contributed by atoms with E-state index in [2.05, 4.69) is 34.8 Å². The summed E-state index contributed by atoms with van der Waals surface area (Å²) in [6, 6.07) is 3.85. The summed E-state index contributed by atoms with van der Waals surface area (Å²) in [7, 11) is 2.11. The zero-order valence-corrected chi connectivity index (χ0v) is 13.0. The first-order valence-corrected chi connectivity index (χ1v) is 7.20. The molecule has 0 aromatic heterocycles. The highest BCUT2D eigenvalue weighted by molar-refractivity contribution is 9.10. The van der Waals surface area contributed by atoms with Crippen molar-refractivity contribution in [3.05, 3.63) is 22.2 Å². The molecule has 102 valence electrons. The summed E-state index contributed by atoms with van der Waals surface area (Å²) in [6.07, 6.45) is 2.40. The van der Waals surface area contributed by atoms with Crippen LogP contribution in [0.1, 0.15) is 32.3 Å². The second kappa shape index (κ2) is 7.64. The summed E-state index contributed by atoms with van der Waals surface area (Å²) in [5.74, 6) is 0.725. The van der Waals surface area contributed by atoms with E-state index in [0.29, 0.717) is 16.8 Å². The predicted octanol–water partition coefficient (Wildman–Crippen LogP) is 3.79. The lowest BCUT2D eigenvalue weighted by Crippen LogP contribution is -2.18. The minimum Gasteiger partial charge on any atom is -0.503 e. The standard InChI is InChI=1S/C14H22BrNO2/c1-4-6-7-16(3)10-11-8-12(15)14(17)13(9-11)18-5-2/h8-9,17H,4-7,10H2,1-3H3. The summed E-state index contributed by atoms with van der Waals surface area (Å²) in [6.45, 7) is 6.60. The molecule has 0 aliphatic carbocycles. The molecule has 0 atom stereocenters. The molecule has 0 amide bonds. The molecule has 1 aromatic carbocycles. The highest BCUT2D eigenvalue weighted by Crippen LogP contribution is 2.35. The van der Waals surface area contributed by atoms with Gasteiger partial charge in [0.1, 0.15) is 0 Å². The van der Waals surface area contributed by atoms with Gasteiger partial charge in [-0.15, -0.1) is 0 Å². The van der Waals surface area contributed by atoms with Gasteiger partial charge in [0.15, 0.2) is 11.5 Å². The second-order valence-electron chi connectivity index (χ2n) is 4.45. The van der Waals surface area contributed by atoms with E-state index in [0.717, 1.165) is 18.7 Å². The average Bonchev–Trinajstić information content (AvgIpc) is 2.33. The molecule has 1 N–H and O–H groups in total. The van der Waals surface area contributed by atoms with E-state index in [9.17, 15) is 5.11 Å². The lowest BCUT2D eigenvalue weighted by molar-refractivity contribution is 0.308. The van der Waals surface area contributed by atoms with Crippen LogP contribution in [0.15, 0.2) is 16.6 Å². The Hall–Kier alpha value is -0.740. The van der Waals surface area contributed by atoms with Crippen LogP contribution in [0.2, 0.25) is 0 Å². The SMILES string of the molecule is CCCCN(C)Cc1cc(Br)c(O)c(OCC)c1. The Morgan fingerprint density at radius 2 is 2.06 bits per heavy atom. The molecule has 0 saturated carbocycles. The Morgan fingerprint density at radius 3 is 2.67 bits per heavy atom. The molecule has 3 nitrogen and oxygen atoms in total. The zero-order chi connectivity index (χ0) is 13.5. The minimum absolute atomic E-state index is 0.178. The molecule has 0 aliphatic heterocycles. The zero-order valence-electron chi connectivity index (χ0n) is 11.4. The van der Waals surface area contributed by atoms with Crippen LogP contribution in [0.25, 0.3) is 0 Å². The lowest BCUT2D eigenvalue weighted by atomic mass is 10.2. The monoisotopic (exact) mass is 315 g/mol. The third-order valence-electron chi connectivity index (χ3n) is 2.73. The molecule has 0 aliphatic rings. The number of phenolic OH excluding ortho intramolecular Hbond substituents is 1. The Balaban J connectivity index is 2.76.